The van der Waals surface area contributed by atoms with Crippen LogP contribution < -0.4 is 20.1 Å². The Kier molecular flexibility index (Phi) is 6.38. The number of aliphatic hydroxyl groups excluding tert-OH is 2. The van der Waals surface area contributed by atoms with Crippen molar-refractivity contribution >= 4 is 33.8 Å². The molecule has 13 nitrogen and oxygen atoms in total. The number of carbonyl (C=O) groups excluding carboxylic acids is 1. The molecule has 0 aliphatic carbocycles. The van der Waals surface area contributed by atoms with Crippen molar-refractivity contribution in [2.24, 2.45) is 0 Å². The van der Waals surface area contributed by atoms with Crippen LogP contribution in [0.25, 0.3) is 22.1 Å². The van der Waals surface area contributed by atoms with E-state index >= 15 is 0 Å². The molecule has 210 valence electrons. The Bertz CT molecular complexity index is 1740. The maximum Gasteiger partial charge on any atom is 0.251 e. The van der Waals surface area contributed by atoms with Gasteiger partial charge in [-0.05, 0) is 48.4 Å². The summed E-state index contributed by atoms with van der Waals surface area (Å²) in [6, 6.07) is 12.1. The van der Waals surface area contributed by atoms with Crippen LogP contribution in [0.5, 0.6) is 11.5 Å². The SMILES string of the molecule is O=C(N[C@@H]1[C@H](O)[C@@H](CO)O[C@H]1n1cnc2c(NCCc3ccc4c(c3)OCO4)ncnc21)c1ccc2[nH]ccc2c1. The van der Waals surface area contributed by atoms with Gasteiger partial charge in [-0.2, -0.15) is 0 Å². The number of nitrogens with zero attached hydrogens (tertiary/aromatic N) is 4. The summed E-state index contributed by atoms with van der Waals surface area (Å²) in [5, 5.41) is 27.9. The fourth-order valence-electron chi connectivity index (χ4n) is 5.31. The topological polar surface area (TPSA) is 169 Å². The number of hydrogen-bond acceptors (Lipinski definition) is 10. The molecule has 1 amide bonds. The summed E-state index contributed by atoms with van der Waals surface area (Å²) < 4.78 is 18.5. The molecule has 1 saturated heterocycles. The Morgan fingerprint density at radius 2 is 2.00 bits per heavy atom. The van der Waals surface area contributed by atoms with Crippen molar-refractivity contribution < 1.29 is 29.2 Å². The standard InChI is InChI=1S/C28H27N7O6/c36-11-21-24(37)22(34-27(38)17-2-3-18-16(10-17)6-8-29-18)28(41-21)35-13-33-23-25(31-12-32-26(23)35)30-7-5-15-1-4-19-20(9-15)40-14-39-19/h1-4,6,8-10,12-13,21-22,24,28-29,36-37H,5,7,11,14H2,(H,34,38)(H,30,31,32)/t21-,22-,24-,28-/m1/s1. The van der Waals surface area contributed by atoms with Crippen LogP contribution in [0.3, 0.4) is 0 Å². The highest BCUT2D eigenvalue weighted by atomic mass is 16.7. The number of carbonyl (C=O) groups is 1. The van der Waals surface area contributed by atoms with Gasteiger partial charge in [0, 0.05) is 29.2 Å². The molecule has 41 heavy (non-hydrogen) atoms. The number of benzene rings is 2. The molecule has 5 heterocycles. The zero-order chi connectivity index (χ0) is 27.9. The largest absolute Gasteiger partial charge is 0.454 e. The summed E-state index contributed by atoms with van der Waals surface area (Å²) in [7, 11) is 0. The lowest BCUT2D eigenvalue weighted by Crippen LogP contribution is -2.46. The first-order chi connectivity index (χ1) is 20.1. The fourth-order valence-corrected chi connectivity index (χ4v) is 5.31. The van der Waals surface area contributed by atoms with Gasteiger partial charge in [-0.3, -0.25) is 9.36 Å². The van der Waals surface area contributed by atoms with Crippen molar-refractivity contribution in [3.05, 3.63) is 72.4 Å². The van der Waals surface area contributed by atoms with E-state index in [9.17, 15) is 15.0 Å². The molecule has 2 aromatic carbocycles. The molecule has 0 unspecified atom stereocenters. The molecular formula is C28H27N7O6. The molecular weight excluding hydrogens is 530 g/mol. The molecule has 4 atom stereocenters. The smallest absolute Gasteiger partial charge is 0.251 e. The predicted molar refractivity (Wildman–Crippen MR) is 147 cm³/mol. The number of aromatic amines is 1. The number of fused-ring (bicyclic) bond motifs is 3. The Labute approximate surface area is 233 Å². The van der Waals surface area contributed by atoms with E-state index in [1.807, 2.05) is 30.3 Å². The average Bonchev–Trinajstić information content (AvgIpc) is 3.79. The number of aromatic nitrogens is 5. The molecule has 2 aliphatic heterocycles. The van der Waals surface area contributed by atoms with Crippen LogP contribution in [0.2, 0.25) is 0 Å². The van der Waals surface area contributed by atoms with E-state index in [1.54, 1.807) is 22.9 Å². The van der Waals surface area contributed by atoms with E-state index in [2.05, 4.69) is 30.6 Å². The number of nitrogens with one attached hydrogen (secondary N) is 3. The van der Waals surface area contributed by atoms with Crippen molar-refractivity contribution in [3.8, 4) is 11.5 Å². The molecule has 5 N–H and O–H groups in total. The summed E-state index contributed by atoms with van der Waals surface area (Å²) in [5.41, 5.74) is 3.38. The van der Waals surface area contributed by atoms with Crippen molar-refractivity contribution in [2.75, 3.05) is 25.3 Å². The van der Waals surface area contributed by atoms with Gasteiger partial charge in [-0.25, -0.2) is 15.0 Å². The van der Waals surface area contributed by atoms with Gasteiger partial charge in [0.1, 0.15) is 24.6 Å². The molecule has 0 radical (unpaired) electrons. The van der Waals surface area contributed by atoms with Crippen molar-refractivity contribution in [1.82, 2.24) is 29.8 Å². The lowest BCUT2D eigenvalue weighted by molar-refractivity contribution is -0.0440. The van der Waals surface area contributed by atoms with Crippen LogP contribution in [0.1, 0.15) is 22.1 Å². The zero-order valence-corrected chi connectivity index (χ0v) is 21.7. The van der Waals surface area contributed by atoms with Crippen LogP contribution in [0, 0.1) is 0 Å². The lowest BCUT2D eigenvalue weighted by atomic mass is 10.1. The van der Waals surface area contributed by atoms with E-state index in [4.69, 9.17) is 14.2 Å². The Morgan fingerprint density at radius 1 is 1.10 bits per heavy atom. The van der Waals surface area contributed by atoms with E-state index in [-0.39, 0.29) is 12.7 Å². The van der Waals surface area contributed by atoms with Gasteiger partial charge in [-0.15, -0.1) is 0 Å². The summed E-state index contributed by atoms with van der Waals surface area (Å²) >= 11 is 0. The second-order valence-corrected chi connectivity index (χ2v) is 9.93. The van der Waals surface area contributed by atoms with Gasteiger partial charge in [0.25, 0.3) is 5.91 Å². The van der Waals surface area contributed by atoms with E-state index < -0.39 is 31.1 Å². The Balaban J connectivity index is 1.11. The Morgan fingerprint density at radius 3 is 2.90 bits per heavy atom. The fraction of sp³-hybridized carbons (Fsp3) is 0.286. The first-order valence-electron chi connectivity index (χ1n) is 13.2. The number of imidazole rings is 1. The summed E-state index contributed by atoms with van der Waals surface area (Å²) in [5.74, 6) is 1.63. The van der Waals surface area contributed by atoms with Crippen LogP contribution in [0.4, 0.5) is 5.82 Å². The number of anilines is 1. The first-order valence-corrected chi connectivity index (χ1v) is 13.2. The molecule has 3 aromatic heterocycles. The van der Waals surface area contributed by atoms with Crippen LogP contribution in [0.15, 0.2) is 61.3 Å². The minimum atomic E-state index is -1.16. The highest BCUT2D eigenvalue weighted by molar-refractivity contribution is 5.98. The maximum atomic E-state index is 13.2. The second-order valence-electron chi connectivity index (χ2n) is 9.93. The number of ether oxygens (including phenoxy) is 3. The van der Waals surface area contributed by atoms with Crippen LogP contribution >= 0.6 is 0 Å². The lowest BCUT2D eigenvalue weighted by Gasteiger charge is -2.23. The van der Waals surface area contributed by atoms with Crippen molar-refractivity contribution in [1.29, 1.82) is 0 Å². The van der Waals surface area contributed by atoms with Gasteiger partial charge >= 0.3 is 0 Å². The third-order valence-electron chi connectivity index (χ3n) is 7.44. The highest BCUT2D eigenvalue weighted by Gasteiger charge is 2.46. The third-order valence-corrected chi connectivity index (χ3v) is 7.44. The molecule has 0 saturated carbocycles. The number of H-pyrrole nitrogens is 1. The third kappa shape index (κ3) is 4.59. The Hall–Kier alpha value is -4.72. The maximum absolute atomic E-state index is 13.2. The van der Waals surface area contributed by atoms with Gasteiger partial charge in [-0.1, -0.05) is 6.07 Å². The minimum absolute atomic E-state index is 0.229. The first kappa shape index (κ1) is 25.3. The second kappa shape index (κ2) is 10.4. The predicted octanol–water partition coefficient (Wildman–Crippen LogP) is 1.74. The van der Waals surface area contributed by atoms with E-state index in [0.717, 1.165) is 28.0 Å². The normalized spacial score (nSPS) is 21.5. The number of amides is 1. The molecule has 1 fully saturated rings. The van der Waals surface area contributed by atoms with Crippen LogP contribution in [-0.2, 0) is 11.2 Å². The number of rotatable bonds is 8. The molecule has 0 bridgehead atoms. The molecule has 0 spiro atoms. The molecule has 2 aliphatic rings. The minimum Gasteiger partial charge on any atom is -0.454 e. The van der Waals surface area contributed by atoms with Crippen molar-refractivity contribution in [2.45, 2.75) is 30.9 Å². The molecule has 5 aromatic rings. The van der Waals surface area contributed by atoms with E-state index in [1.165, 1.54) is 12.7 Å². The summed E-state index contributed by atoms with van der Waals surface area (Å²) in [6.07, 6.45) is 2.52. The van der Waals surface area contributed by atoms with Gasteiger partial charge in [0.2, 0.25) is 6.79 Å². The number of aliphatic hydroxyl groups is 2. The monoisotopic (exact) mass is 557 g/mol. The van der Waals surface area contributed by atoms with Gasteiger partial charge in [0.15, 0.2) is 34.7 Å². The van der Waals surface area contributed by atoms with Crippen LogP contribution in [-0.4, -0.2) is 78.8 Å². The van der Waals surface area contributed by atoms with Gasteiger partial charge < -0.3 is 40.0 Å². The summed E-state index contributed by atoms with van der Waals surface area (Å²) in [4.78, 5) is 29.6. The number of hydrogen-bond donors (Lipinski definition) is 5. The van der Waals surface area contributed by atoms with E-state index in [0.29, 0.717) is 35.5 Å². The van der Waals surface area contributed by atoms with Gasteiger partial charge in [0.05, 0.1) is 12.9 Å². The summed E-state index contributed by atoms with van der Waals surface area (Å²) in [6.45, 7) is 0.384. The average molecular weight is 558 g/mol. The van der Waals surface area contributed by atoms with Crippen molar-refractivity contribution in [3.63, 3.8) is 0 Å². The molecule has 7 rings (SSSR count). The highest BCUT2D eigenvalue weighted by Crippen LogP contribution is 2.34. The zero-order valence-electron chi connectivity index (χ0n) is 21.7. The molecule has 13 heteroatoms. The quantitative estimate of drug-likeness (QED) is 0.189.